The van der Waals surface area contributed by atoms with Crippen LogP contribution >= 0.6 is 11.8 Å². The lowest BCUT2D eigenvalue weighted by atomic mass is 10.1. The van der Waals surface area contributed by atoms with E-state index >= 15 is 0 Å². The number of alkyl halides is 3. The van der Waals surface area contributed by atoms with Crippen molar-refractivity contribution in [1.82, 2.24) is 4.98 Å². The number of hydrogen-bond donors (Lipinski definition) is 2. The first-order valence-electron chi connectivity index (χ1n) is 7.80. The third-order valence-electron chi connectivity index (χ3n) is 3.54. The summed E-state index contributed by atoms with van der Waals surface area (Å²) < 4.78 is 38.9. The molecule has 2 aromatic rings. The second-order valence-corrected chi connectivity index (χ2v) is 6.65. The quantitative estimate of drug-likeness (QED) is 0.377. The van der Waals surface area contributed by atoms with Gasteiger partial charge in [0.05, 0.1) is 16.2 Å². The number of rotatable bonds is 7. The van der Waals surface area contributed by atoms with E-state index in [2.05, 4.69) is 22.2 Å². The minimum Gasteiger partial charge on any atom is -0.371 e. The summed E-state index contributed by atoms with van der Waals surface area (Å²) >= 11 is 1.37. The first kappa shape index (κ1) is 20.6. The maximum Gasteiger partial charge on any atom is 0.417 e. The van der Waals surface area contributed by atoms with E-state index in [1.165, 1.54) is 37.0 Å². The van der Waals surface area contributed by atoms with E-state index in [9.17, 15) is 23.3 Å². The van der Waals surface area contributed by atoms with E-state index in [1.54, 1.807) is 0 Å². The second kappa shape index (κ2) is 8.30. The summed E-state index contributed by atoms with van der Waals surface area (Å²) in [7, 11) is 1.54. The van der Waals surface area contributed by atoms with Crippen molar-refractivity contribution in [3.8, 4) is 0 Å². The summed E-state index contributed by atoms with van der Waals surface area (Å²) in [6.45, 7) is 5.76. The maximum absolute atomic E-state index is 13.0. The number of nitro benzene ring substituents is 1. The van der Waals surface area contributed by atoms with E-state index in [-0.39, 0.29) is 17.2 Å². The number of pyridine rings is 1. The van der Waals surface area contributed by atoms with Gasteiger partial charge in [-0.2, -0.15) is 13.2 Å². The topological polar surface area (TPSA) is 80.1 Å². The lowest BCUT2D eigenvalue weighted by Crippen LogP contribution is -2.10. The summed E-state index contributed by atoms with van der Waals surface area (Å²) in [4.78, 5) is 14.9. The molecule has 0 bridgehead atoms. The third kappa shape index (κ3) is 4.91. The highest BCUT2D eigenvalue weighted by Crippen LogP contribution is 2.35. The SMILES string of the molecule is C=C(Nc1cc(C(F)(F)F)cnc1NC)c1ccc([N+](=O)[O-])cc1SCC. The summed E-state index contributed by atoms with van der Waals surface area (Å²) in [5.74, 6) is 0.879. The molecule has 0 saturated heterocycles. The number of nitrogens with zero attached hydrogens (tertiary/aromatic N) is 2. The van der Waals surface area contributed by atoms with Gasteiger partial charge in [0.2, 0.25) is 0 Å². The molecule has 0 spiro atoms. The summed E-state index contributed by atoms with van der Waals surface area (Å²) in [5, 5.41) is 16.5. The van der Waals surface area contributed by atoms with Crippen LogP contribution in [0.5, 0.6) is 0 Å². The fourth-order valence-corrected chi connectivity index (χ4v) is 3.15. The molecule has 1 aromatic heterocycles. The number of hydrogen-bond acceptors (Lipinski definition) is 6. The Morgan fingerprint density at radius 2 is 2.07 bits per heavy atom. The zero-order valence-corrected chi connectivity index (χ0v) is 15.4. The van der Waals surface area contributed by atoms with Crippen molar-refractivity contribution < 1.29 is 18.1 Å². The normalized spacial score (nSPS) is 11.1. The first-order chi connectivity index (χ1) is 12.7. The van der Waals surface area contributed by atoms with Gasteiger partial charge in [0.1, 0.15) is 5.82 Å². The Labute approximate surface area is 158 Å². The Balaban J connectivity index is 2.41. The number of aromatic nitrogens is 1. The van der Waals surface area contributed by atoms with Gasteiger partial charge in [0, 0.05) is 41.5 Å². The average molecular weight is 398 g/mol. The first-order valence-corrected chi connectivity index (χ1v) is 8.78. The summed E-state index contributed by atoms with van der Waals surface area (Å²) in [6, 6.07) is 5.19. The molecule has 0 aliphatic carbocycles. The number of thioether (sulfide) groups is 1. The van der Waals surface area contributed by atoms with Crippen LogP contribution in [0.15, 0.2) is 41.9 Å². The molecule has 0 amide bonds. The van der Waals surface area contributed by atoms with Crippen molar-refractivity contribution in [2.75, 3.05) is 23.4 Å². The Kier molecular flexibility index (Phi) is 6.32. The predicted octanol–water partition coefficient (Wildman–Crippen LogP) is 5.25. The van der Waals surface area contributed by atoms with Crippen LogP contribution in [0.3, 0.4) is 0 Å². The largest absolute Gasteiger partial charge is 0.417 e. The van der Waals surface area contributed by atoms with Crippen LogP contribution in [0.4, 0.5) is 30.4 Å². The molecule has 0 aliphatic heterocycles. The molecule has 6 nitrogen and oxygen atoms in total. The van der Waals surface area contributed by atoms with Crippen LogP contribution in [-0.4, -0.2) is 22.7 Å². The van der Waals surface area contributed by atoms with Gasteiger partial charge in [-0.3, -0.25) is 10.1 Å². The fourth-order valence-electron chi connectivity index (χ4n) is 2.29. The highest BCUT2D eigenvalue weighted by Gasteiger charge is 2.31. The molecule has 1 heterocycles. The predicted molar refractivity (Wildman–Crippen MR) is 101 cm³/mol. The van der Waals surface area contributed by atoms with Crippen LogP contribution in [-0.2, 0) is 6.18 Å². The Morgan fingerprint density at radius 1 is 1.37 bits per heavy atom. The Morgan fingerprint density at radius 3 is 2.63 bits per heavy atom. The molecular formula is C17H17F3N4O2S. The number of nitro groups is 1. The number of benzene rings is 1. The van der Waals surface area contributed by atoms with Gasteiger partial charge < -0.3 is 10.6 Å². The van der Waals surface area contributed by atoms with Crippen molar-refractivity contribution in [2.24, 2.45) is 0 Å². The van der Waals surface area contributed by atoms with Gasteiger partial charge in [-0.1, -0.05) is 13.5 Å². The van der Waals surface area contributed by atoms with E-state index in [0.29, 0.717) is 21.9 Å². The van der Waals surface area contributed by atoms with Gasteiger partial charge in [0.25, 0.3) is 5.69 Å². The van der Waals surface area contributed by atoms with Crippen molar-refractivity contribution >= 4 is 34.7 Å². The van der Waals surface area contributed by atoms with Crippen LogP contribution in [0.2, 0.25) is 0 Å². The molecule has 1 aromatic carbocycles. The molecule has 0 atom stereocenters. The molecule has 0 saturated carbocycles. The molecule has 0 radical (unpaired) electrons. The molecule has 0 unspecified atom stereocenters. The number of non-ortho nitro benzene ring substituents is 1. The maximum atomic E-state index is 13.0. The number of halogens is 3. The van der Waals surface area contributed by atoms with Gasteiger partial charge >= 0.3 is 6.18 Å². The van der Waals surface area contributed by atoms with Crippen molar-refractivity contribution in [1.29, 1.82) is 0 Å². The van der Waals surface area contributed by atoms with Crippen LogP contribution in [0, 0.1) is 10.1 Å². The van der Waals surface area contributed by atoms with Crippen LogP contribution < -0.4 is 10.6 Å². The Hall–Kier alpha value is -2.75. The molecule has 0 aliphatic rings. The van der Waals surface area contributed by atoms with E-state index in [0.717, 1.165) is 12.3 Å². The fraction of sp³-hybridized carbons (Fsp3) is 0.235. The van der Waals surface area contributed by atoms with E-state index in [1.807, 2.05) is 6.92 Å². The molecule has 0 fully saturated rings. The van der Waals surface area contributed by atoms with Gasteiger partial charge in [-0.05, 0) is 17.9 Å². The smallest absolute Gasteiger partial charge is 0.371 e. The monoisotopic (exact) mass is 398 g/mol. The third-order valence-corrected chi connectivity index (χ3v) is 4.48. The molecule has 144 valence electrons. The van der Waals surface area contributed by atoms with Crippen LogP contribution in [0.1, 0.15) is 18.1 Å². The Bertz CT molecular complexity index is 872. The number of anilines is 2. The van der Waals surface area contributed by atoms with Crippen LogP contribution in [0.25, 0.3) is 5.70 Å². The van der Waals surface area contributed by atoms with E-state index in [4.69, 9.17) is 0 Å². The molecule has 27 heavy (non-hydrogen) atoms. The molecule has 10 heteroatoms. The van der Waals surface area contributed by atoms with Crippen molar-refractivity contribution in [3.63, 3.8) is 0 Å². The van der Waals surface area contributed by atoms with E-state index < -0.39 is 16.7 Å². The van der Waals surface area contributed by atoms with Gasteiger partial charge in [0.15, 0.2) is 0 Å². The molecular weight excluding hydrogens is 381 g/mol. The summed E-state index contributed by atoms with van der Waals surface area (Å²) in [6.07, 6.45) is -3.79. The standard InChI is InChI=1S/C17H17F3N4O2S/c1-4-27-15-8-12(24(25)26)5-6-13(15)10(2)23-14-7-11(17(18,19)20)9-22-16(14)21-3/h5-9,23H,2,4H2,1,3H3,(H,21,22). The van der Waals surface area contributed by atoms with Gasteiger partial charge in [-0.15, -0.1) is 11.8 Å². The lowest BCUT2D eigenvalue weighted by Gasteiger charge is -2.17. The number of nitrogens with one attached hydrogen (secondary N) is 2. The minimum atomic E-state index is -4.53. The van der Waals surface area contributed by atoms with Crippen molar-refractivity contribution in [3.05, 3.63) is 58.3 Å². The highest BCUT2D eigenvalue weighted by atomic mass is 32.2. The molecule has 2 N–H and O–H groups in total. The molecule has 2 rings (SSSR count). The van der Waals surface area contributed by atoms with Crippen molar-refractivity contribution in [2.45, 2.75) is 18.0 Å². The second-order valence-electron chi connectivity index (χ2n) is 5.34. The van der Waals surface area contributed by atoms with Gasteiger partial charge in [-0.25, -0.2) is 4.98 Å². The minimum absolute atomic E-state index is 0.0702. The zero-order chi connectivity index (χ0) is 20.2. The lowest BCUT2D eigenvalue weighted by molar-refractivity contribution is -0.385. The average Bonchev–Trinajstić information content (AvgIpc) is 2.61. The summed E-state index contributed by atoms with van der Waals surface area (Å²) in [5.41, 5.74) is -0.00341. The highest BCUT2D eigenvalue weighted by molar-refractivity contribution is 7.99. The zero-order valence-electron chi connectivity index (χ0n) is 14.6.